The Morgan fingerprint density at radius 2 is 1.89 bits per heavy atom. The maximum absolute atomic E-state index is 13.4. The summed E-state index contributed by atoms with van der Waals surface area (Å²) in [5, 5.41) is 2.93. The molecule has 35 heavy (non-hydrogen) atoms. The van der Waals surface area contributed by atoms with E-state index in [1.165, 1.54) is 11.2 Å². The van der Waals surface area contributed by atoms with Gasteiger partial charge in [-0.25, -0.2) is 8.42 Å². The fourth-order valence-electron chi connectivity index (χ4n) is 4.97. The first kappa shape index (κ1) is 23.6. The SMILES string of the molecule is CC(=O)N1CCCc2cc(S(=O)(=O)N3CCC[C@@H](C(=O)NCc4ccc5c(c4)OCO5)C3)ccc21. The summed E-state index contributed by atoms with van der Waals surface area (Å²) < 4.78 is 39.0. The summed E-state index contributed by atoms with van der Waals surface area (Å²) in [6.45, 7) is 3.21. The lowest BCUT2D eigenvalue weighted by molar-refractivity contribution is -0.126. The van der Waals surface area contributed by atoms with E-state index in [1.54, 1.807) is 23.1 Å². The number of hydrogen-bond acceptors (Lipinski definition) is 6. The Morgan fingerprint density at radius 3 is 2.71 bits per heavy atom. The van der Waals surface area contributed by atoms with Crippen molar-refractivity contribution in [1.29, 1.82) is 0 Å². The van der Waals surface area contributed by atoms with E-state index in [4.69, 9.17) is 9.47 Å². The van der Waals surface area contributed by atoms with Crippen LogP contribution in [-0.2, 0) is 32.6 Å². The van der Waals surface area contributed by atoms with Crippen molar-refractivity contribution in [3.63, 3.8) is 0 Å². The largest absolute Gasteiger partial charge is 0.454 e. The van der Waals surface area contributed by atoms with Crippen LogP contribution in [0.15, 0.2) is 41.3 Å². The molecule has 3 heterocycles. The van der Waals surface area contributed by atoms with Gasteiger partial charge in [0, 0.05) is 38.8 Å². The van der Waals surface area contributed by atoms with Crippen LogP contribution >= 0.6 is 0 Å². The number of aryl methyl sites for hydroxylation is 1. The molecular weight excluding hydrogens is 470 g/mol. The van der Waals surface area contributed by atoms with Gasteiger partial charge in [-0.05, 0) is 67.1 Å². The van der Waals surface area contributed by atoms with Crippen molar-refractivity contribution in [2.24, 2.45) is 5.92 Å². The van der Waals surface area contributed by atoms with Gasteiger partial charge in [0.05, 0.1) is 10.8 Å². The number of amides is 2. The number of hydrogen-bond donors (Lipinski definition) is 1. The predicted octanol–water partition coefficient (Wildman–Crippen LogP) is 2.43. The third kappa shape index (κ3) is 4.72. The minimum Gasteiger partial charge on any atom is -0.454 e. The van der Waals surface area contributed by atoms with Gasteiger partial charge in [-0.1, -0.05) is 6.07 Å². The van der Waals surface area contributed by atoms with E-state index in [0.717, 1.165) is 29.7 Å². The van der Waals surface area contributed by atoms with Crippen LogP contribution in [0, 0.1) is 5.92 Å². The molecule has 2 amide bonds. The highest BCUT2D eigenvalue weighted by molar-refractivity contribution is 7.89. The van der Waals surface area contributed by atoms with Crippen LogP contribution in [0.4, 0.5) is 5.69 Å². The standard InChI is InChI=1S/C25H29N3O6S/c1-17(29)28-11-3-4-19-13-21(7-8-22(19)28)35(31,32)27-10-2-5-20(15-27)25(30)26-14-18-6-9-23-24(12-18)34-16-33-23/h6-9,12-13,20H,2-5,10-11,14-16H2,1H3,(H,26,30)/t20-/m1/s1. The summed E-state index contributed by atoms with van der Waals surface area (Å²) in [4.78, 5) is 26.7. The first-order chi connectivity index (χ1) is 16.8. The number of nitrogens with zero attached hydrogens (tertiary/aromatic N) is 2. The average molecular weight is 500 g/mol. The molecule has 0 spiro atoms. The normalized spacial score (nSPS) is 19.8. The maximum atomic E-state index is 13.4. The predicted molar refractivity (Wildman–Crippen MR) is 129 cm³/mol. The second-order valence-corrected chi connectivity index (χ2v) is 11.1. The fourth-order valence-corrected chi connectivity index (χ4v) is 6.54. The number of carbonyl (C=O) groups is 2. The van der Waals surface area contributed by atoms with Crippen LogP contribution in [0.5, 0.6) is 11.5 Å². The van der Waals surface area contributed by atoms with E-state index < -0.39 is 15.9 Å². The Kier molecular flexibility index (Phi) is 6.41. The van der Waals surface area contributed by atoms with Gasteiger partial charge in [0.15, 0.2) is 11.5 Å². The Balaban J connectivity index is 1.26. The zero-order chi connectivity index (χ0) is 24.6. The van der Waals surface area contributed by atoms with Gasteiger partial charge >= 0.3 is 0 Å². The molecular formula is C25H29N3O6S. The molecule has 10 heteroatoms. The summed E-state index contributed by atoms with van der Waals surface area (Å²) in [6, 6.07) is 10.5. The fraction of sp³-hybridized carbons (Fsp3) is 0.440. The molecule has 1 N–H and O–H groups in total. The lowest BCUT2D eigenvalue weighted by Gasteiger charge is -2.32. The van der Waals surface area contributed by atoms with Crippen molar-refractivity contribution in [1.82, 2.24) is 9.62 Å². The van der Waals surface area contributed by atoms with E-state index in [9.17, 15) is 18.0 Å². The van der Waals surface area contributed by atoms with E-state index in [1.807, 2.05) is 18.2 Å². The summed E-state index contributed by atoms with van der Waals surface area (Å²) >= 11 is 0. The van der Waals surface area contributed by atoms with Crippen LogP contribution in [0.1, 0.15) is 37.3 Å². The Bertz CT molecular complexity index is 1260. The first-order valence-corrected chi connectivity index (χ1v) is 13.3. The van der Waals surface area contributed by atoms with Gasteiger partial charge < -0.3 is 19.7 Å². The molecule has 0 bridgehead atoms. The summed E-state index contributed by atoms with van der Waals surface area (Å²) in [7, 11) is -3.75. The van der Waals surface area contributed by atoms with Crippen LogP contribution < -0.4 is 19.7 Å². The molecule has 0 aromatic heterocycles. The first-order valence-electron chi connectivity index (χ1n) is 11.9. The van der Waals surface area contributed by atoms with Crippen LogP contribution in [0.25, 0.3) is 0 Å². The van der Waals surface area contributed by atoms with Gasteiger partial charge in [0.1, 0.15) is 0 Å². The third-order valence-electron chi connectivity index (χ3n) is 6.85. The monoisotopic (exact) mass is 499 g/mol. The Labute approximate surface area is 205 Å². The minimum absolute atomic E-state index is 0.0489. The van der Waals surface area contributed by atoms with E-state index in [2.05, 4.69) is 5.32 Å². The van der Waals surface area contributed by atoms with Crippen molar-refractivity contribution >= 4 is 27.5 Å². The van der Waals surface area contributed by atoms with E-state index >= 15 is 0 Å². The van der Waals surface area contributed by atoms with Crippen molar-refractivity contribution in [3.8, 4) is 11.5 Å². The second kappa shape index (κ2) is 9.50. The number of rotatable bonds is 5. The molecule has 0 radical (unpaired) electrons. The van der Waals surface area contributed by atoms with Crippen molar-refractivity contribution in [2.45, 2.75) is 44.0 Å². The molecule has 1 saturated heterocycles. The molecule has 5 rings (SSSR count). The van der Waals surface area contributed by atoms with Crippen LogP contribution in [0.2, 0.25) is 0 Å². The molecule has 0 aliphatic carbocycles. The van der Waals surface area contributed by atoms with E-state index in [0.29, 0.717) is 44.0 Å². The lowest BCUT2D eigenvalue weighted by atomic mass is 9.98. The summed E-state index contributed by atoms with van der Waals surface area (Å²) in [5.74, 6) is 0.711. The van der Waals surface area contributed by atoms with Gasteiger partial charge in [-0.3, -0.25) is 9.59 Å². The average Bonchev–Trinajstić information content (AvgIpc) is 3.34. The third-order valence-corrected chi connectivity index (χ3v) is 8.71. The summed E-state index contributed by atoms with van der Waals surface area (Å²) in [5.41, 5.74) is 2.53. The number of piperidine rings is 1. The highest BCUT2D eigenvalue weighted by atomic mass is 32.2. The highest BCUT2D eigenvalue weighted by Gasteiger charge is 2.34. The molecule has 2 aromatic rings. The molecule has 3 aliphatic heterocycles. The molecule has 0 unspecified atom stereocenters. The molecule has 186 valence electrons. The number of nitrogens with one attached hydrogen (secondary N) is 1. The van der Waals surface area contributed by atoms with Gasteiger partial charge in [-0.2, -0.15) is 4.31 Å². The van der Waals surface area contributed by atoms with Gasteiger partial charge in [-0.15, -0.1) is 0 Å². The molecule has 1 fully saturated rings. The number of anilines is 1. The van der Waals surface area contributed by atoms with Crippen molar-refractivity contribution in [3.05, 3.63) is 47.5 Å². The smallest absolute Gasteiger partial charge is 0.243 e. The van der Waals surface area contributed by atoms with E-state index in [-0.39, 0.29) is 30.0 Å². The molecule has 9 nitrogen and oxygen atoms in total. The van der Waals surface area contributed by atoms with Gasteiger partial charge in [0.25, 0.3) is 0 Å². The number of benzene rings is 2. The highest BCUT2D eigenvalue weighted by Crippen LogP contribution is 2.33. The molecule has 3 aliphatic rings. The number of carbonyl (C=O) groups excluding carboxylic acids is 2. The topological polar surface area (TPSA) is 105 Å². The number of fused-ring (bicyclic) bond motifs is 2. The van der Waals surface area contributed by atoms with Gasteiger partial charge in [0.2, 0.25) is 28.6 Å². The van der Waals surface area contributed by atoms with Crippen molar-refractivity contribution in [2.75, 3.05) is 31.3 Å². The Hall–Kier alpha value is -3.11. The van der Waals surface area contributed by atoms with Crippen LogP contribution in [0.3, 0.4) is 0 Å². The minimum atomic E-state index is -3.75. The lowest BCUT2D eigenvalue weighted by Crippen LogP contribution is -2.45. The quantitative estimate of drug-likeness (QED) is 0.678. The Morgan fingerprint density at radius 1 is 1.06 bits per heavy atom. The molecule has 1 atom stereocenters. The van der Waals surface area contributed by atoms with Crippen molar-refractivity contribution < 1.29 is 27.5 Å². The molecule has 0 saturated carbocycles. The zero-order valence-electron chi connectivity index (χ0n) is 19.7. The molecule has 2 aromatic carbocycles. The maximum Gasteiger partial charge on any atom is 0.243 e. The zero-order valence-corrected chi connectivity index (χ0v) is 20.5. The number of sulfonamides is 1. The number of ether oxygens (including phenoxy) is 2. The second-order valence-electron chi connectivity index (χ2n) is 9.17. The van der Waals surface area contributed by atoms with Crippen LogP contribution in [-0.4, -0.2) is 51.0 Å². The summed E-state index contributed by atoms with van der Waals surface area (Å²) in [6.07, 6.45) is 2.78.